The fourth-order valence-electron chi connectivity index (χ4n) is 2.15. The smallest absolute Gasteiger partial charge is 0.239 e. The van der Waals surface area contributed by atoms with Crippen LogP contribution in [0.4, 0.5) is 0 Å². The zero-order valence-electron chi connectivity index (χ0n) is 11.2. The molecule has 5 nitrogen and oxygen atoms in total. The number of rotatable bonds is 6. The van der Waals surface area contributed by atoms with E-state index < -0.39 is 6.04 Å². The number of hydrogen-bond acceptors (Lipinski definition) is 4. The van der Waals surface area contributed by atoms with Crippen molar-refractivity contribution < 1.29 is 14.3 Å². The van der Waals surface area contributed by atoms with E-state index in [1.54, 1.807) is 0 Å². The lowest BCUT2D eigenvalue weighted by Crippen LogP contribution is -2.64. The van der Waals surface area contributed by atoms with Crippen LogP contribution in [0.5, 0.6) is 0 Å². The van der Waals surface area contributed by atoms with Crippen molar-refractivity contribution >= 4 is 5.91 Å². The van der Waals surface area contributed by atoms with Gasteiger partial charge >= 0.3 is 0 Å². The Morgan fingerprint density at radius 2 is 2.24 bits per heavy atom. The van der Waals surface area contributed by atoms with Gasteiger partial charge in [0.1, 0.15) is 6.04 Å². The predicted molar refractivity (Wildman–Crippen MR) is 65.6 cm³/mol. The Morgan fingerprint density at radius 1 is 1.59 bits per heavy atom. The summed E-state index contributed by atoms with van der Waals surface area (Å²) in [7, 11) is 1.53. The normalized spacial score (nSPS) is 28.3. The third-order valence-corrected chi connectivity index (χ3v) is 3.55. The predicted octanol–water partition coefficient (Wildman–Crippen LogP) is 0.280. The van der Waals surface area contributed by atoms with Crippen molar-refractivity contribution in [1.82, 2.24) is 5.32 Å². The highest BCUT2D eigenvalue weighted by Crippen LogP contribution is 2.42. The van der Waals surface area contributed by atoms with Crippen LogP contribution in [0.3, 0.4) is 0 Å². The Hall–Kier alpha value is -0.650. The first kappa shape index (κ1) is 14.4. The first-order valence-corrected chi connectivity index (χ1v) is 6.10. The van der Waals surface area contributed by atoms with Crippen LogP contribution in [-0.2, 0) is 14.3 Å². The van der Waals surface area contributed by atoms with Gasteiger partial charge in [0.05, 0.1) is 12.7 Å². The van der Waals surface area contributed by atoms with Gasteiger partial charge in [-0.25, -0.2) is 0 Å². The van der Waals surface area contributed by atoms with Gasteiger partial charge in [0.25, 0.3) is 0 Å². The monoisotopic (exact) mass is 244 g/mol. The highest BCUT2D eigenvalue weighted by atomic mass is 16.5. The minimum atomic E-state index is -0.595. The van der Waals surface area contributed by atoms with Crippen molar-refractivity contribution in [2.24, 2.45) is 11.1 Å². The minimum absolute atomic E-state index is 0.0293. The third kappa shape index (κ3) is 3.18. The molecule has 1 aliphatic rings. The summed E-state index contributed by atoms with van der Waals surface area (Å²) in [5, 5.41) is 2.96. The van der Waals surface area contributed by atoms with Gasteiger partial charge < -0.3 is 20.5 Å². The van der Waals surface area contributed by atoms with Crippen molar-refractivity contribution in [3.8, 4) is 0 Å². The first-order valence-electron chi connectivity index (χ1n) is 6.10. The van der Waals surface area contributed by atoms with Crippen LogP contribution >= 0.6 is 0 Å². The average molecular weight is 244 g/mol. The van der Waals surface area contributed by atoms with E-state index in [1.165, 1.54) is 7.11 Å². The summed E-state index contributed by atoms with van der Waals surface area (Å²) in [6.45, 7) is 7.13. The molecule has 17 heavy (non-hydrogen) atoms. The molecule has 1 amide bonds. The summed E-state index contributed by atoms with van der Waals surface area (Å²) in [4.78, 5) is 11.7. The van der Waals surface area contributed by atoms with E-state index in [0.29, 0.717) is 6.61 Å². The van der Waals surface area contributed by atoms with Gasteiger partial charge in [-0.2, -0.15) is 0 Å². The number of nitrogens with one attached hydrogen (secondary N) is 1. The molecular weight excluding hydrogens is 220 g/mol. The van der Waals surface area contributed by atoms with Crippen molar-refractivity contribution in [2.75, 3.05) is 20.3 Å². The molecule has 0 aliphatic heterocycles. The van der Waals surface area contributed by atoms with Crippen LogP contribution < -0.4 is 11.1 Å². The van der Waals surface area contributed by atoms with Gasteiger partial charge in [-0.3, -0.25) is 4.79 Å². The third-order valence-electron chi connectivity index (χ3n) is 3.55. The van der Waals surface area contributed by atoms with E-state index in [9.17, 15) is 4.79 Å². The quantitative estimate of drug-likeness (QED) is 0.704. The maximum atomic E-state index is 11.7. The van der Waals surface area contributed by atoms with Gasteiger partial charge in [-0.1, -0.05) is 13.8 Å². The van der Waals surface area contributed by atoms with Crippen LogP contribution in [-0.4, -0.2) is 44.4 Å². The highest BCUT2D eigenvalue weighted by molar-refractivity contribution is 5.82. The largest absolute Gasteiger partial charge is 0.383 e. The summed E-state index contributed by atoms with van der Waals surface area (Å²) in [6.07, 6.45) is 1.07. The number of carbonyl (C=O) groups is 1. The molecule has 0 aromatic rings. The summed E-state index contributed by atoms with van der Waals surface area (Å²) < 4.78 is 10.5. The molecule has 3 N–H and O–H groups in total. The van der Waals surface area contributed by atoms with Crippen LogP contribution in [0.2, 0.25) is 0 Å². The first-order chi connectivity index (χ1) is 7.93. The Bertz CT molecular complexity index is 268. The van der Waals surface area contributed by atoms with E-state index in [-0.39, 0.29) is 30.1 Å². The fourth-order valence-corrected chi connectivity index (χ4v) is 2.15. The van der Waals surface area contributed by atoms with E-state index in [1.807, 2.05) is 6.92 Å². The zero-order chi connectivity index (χ0) is 13.1. The van der Waals surface area contributed by atoms with Gasteiger partial charge in [-0.15, -0.1) is 0 Å². The lowest BCUT2D eigenvalue weighted by Gasteiger charge is -2.51. The molecule has 0 aromatic carbocycles. The van der Waals surface area contributed by atoms with Crippen molar-refractivity contribution in [1.29, 1.82) is 0 Å². The number of nitrogens with two attached hydrogens (primary N) is 1. The number of amides is 1. The molecule has 1 saturated carbocycles. The van der Waals surface area contributed by atoms with Crippen molar-refractivity contribution in [3.63, 3.8) is 0 Å². The van der Waals surface area contributed by atoms with Crippen LogP contribution in [0.15, 0.2) is 0 Å². The summed E-state index contributed by atoms with van der Waals surface area (Å²) in [6, 6.07) is -0.462. The number of hydrogen-bond donors (Lipinski definition) is 2. The maximum Gasteiger partial charge on any atom is 0.239 e. The molecule has 0 radical (unpaired) electrons. The molecule has 100 valence electrons. The zero-order valence-corrected chi connectivity index (χ0v) is 11.2. The van der Waals surface area contributed by atoms with Crippen LogP contribution in [0.1, 0.15) is 27.2 Å². The molecule has 0 spiro atoms. The lowest BCUT2D eigenvalue weighted by molar-refractivity contribution is -0.138. The van der Waals surface area contributed by atoms with Gasteiger partial charge in [0.15, 0.2) is 0 Å². The molecule has 0 heterocycles. The number of ether oxygens (including phenoxy) is 2. The topological polar surface area (TPSA) is 73.6 Å². The molecule has 0 aromatic heterocycles. The Kier molecular flexibility index (Phi) is 4.91. The maximum absolute atomic E-state index is 11.7. The van der Waals surface area contributed by atoms with Crippen molar-refractivity contribution in [3.05, 3.63) is 0 Å². The number of methoxy groups -OCH3 is 1. The molecular formula is C12H24N2O3. The van der Waals surface area contributed by atoms with Crippen molar-refractivity contribution in [2.45, 2.75) is 45.4 Å². The van der Waals surface area contributed by atoms with Gasteiger partial charge in [0.2, 0.25) is 5.91 Å². The molecule has 1 rings (SSSR count). The standard InChI is InChI=1S/C12H24N2O3/c1-5-17-10-6-9(12(10,2)3)14-11(15)8(13)7-16-4/h8-10H,5-7,13H2,1-4H3,(H,14,15). The van der Waals surface area contributed by atoms with E-state index >= 15 is 0 Å². The second kappa shape index (κ2) is 5.80. The van der Waals surface area contributed by atoms with E-state index in [2.05, 4.69) is 19.2 Å². The molecule has 3 atom stereocenters. The summed E-state index contributed by atoms with van der Waals surface area (Å²) in [5.74, 6) is -0.153. The molecule has 1 fully saturated rings. The van der Waals surface area contributed by atoms with Gasteiger partial charge in [-0.05, 0) is 13.3 Å². The number of carbonyl (C=O) groups excluding carboxylic acids is 1. The fraction of sp³-hybridized carbons (Fsp3) is 0.917. The molecule has 3 unspecified atom stereocenters. The Morgan fingerprint density at radius 3 is 2.71 bits per heavy atom. The molecule has 0 bridgehead atoms. The SMILES string of the molecule is CCOC1CC(NC(=O)C(N)COC)C1(C)C. The van der Waals surface area contributed by atoms with E-state index in [0.717, 1.165) is 6.42 Å². The van der Waals surface area contributed by atoms with Crippen LogP contribution in [0, 0.1) is 5.41 Å². The summed E-state index contributed by atoms with van der Waals surface area (Å²) in [5.41, 5.74) is 5.64. The minimum Gasteiger partial charge on any atom is -0.383 e. The second-order valence-electron chi connectivity index (χ2n) is 5.12. The Labute approximate surface area is 103 Å². The molecule has 5 heteroatoms. The lowest BCUT2D eigenvalue weighted by atomic mass is 9.64. The molecule has 0 saturated heterocycles. The highest BCUT2D eigenvalue weighted by Gasteiger charge is 2.49. The second-order valence-corrected chi connectivity index (χ2v) is 5.12. The van der Waals surface area contributed by atoms with E-state index in [4.69, 9.17) is 15.2 Å². The Balaban J connectivity index is 2.42. The van der Waals surface area contributed by atoms with Crippen LogP contribution in [0.25, 0.3) is 0 Å². The average Bonchev–Trinajstić information content (AvgIpc) is 2.27. The van der Waals surface area contributed by atoms with Gasteiger partial charge in [0, 0.05) is 25.2 Å². The molecule has 1 aliphatic carbocycles. The summed E-state index contributed by atoms with van der Waals surface area (Å²) >= 11 is 0.